The molecule has 1 atom stereocenters. The quantitative estimate of drug-likeness (QED) is 0.375. The van der Waals surface area contributed by atoms with Crippen molar-refractivity contribution in [2.45, 2.75) is 77.6 Å². The Morgan fingerprint density at radius 3 is 2.19 bits per heavy atom. The second kappa shape index (κ2) is 6.47. The first kappa shape index (κ1) is 15.7. The van der Waals surface area contributed by atoms with Gasteiger partial charge in [0.15, 0.2) is 8.32 Å². The van der Waals surface area contributed by atoms with Crippen LogP contribution in [0.4, 0.5) is 0 Å². The van der Waals surface area contributed by atoms with Gasteiger partial charge in [0.1, 0.15) is 6.10 Å². The molecule has 2 heteroatoms. The number of hydrogen-bond acceptors (Lipinski definition) is 1. The minimum atomic E-state index is -1.69. The average Bonchev–Trinajstić information content (AvgIpc) is 2.14. The molecule has 1 unspecified atom stereocenters. The van der Waals surface area contributed by atoms with E-state index in [1.807, 2.05) is 0 Å². The molecule has 0 bridgehead atoms. The lowest BCUT2D eigenvalue weighted by molar-refractivity contribution is 0.219. The molecular weight excluding hydrogens is 212 g/mol. The lowest BCUT2D eigenvalue weighted by Gasteiger charge is -2.38. The molecular formula is C14H28OSi. The van der Waals surface area contributed by atoms with Crippen molar-refractivity contribution in [2.75, 3.05) is 0 Å². The Labute approximate surface area is 103 Å². The van der Waals surface area contributed by atoms with Crippen LogP contribution in [0.25, 0.3) is 0 Å². The Balaban J connectivity index is 4.27. The Morgan fingerprint density at radius 2 is 1.81 bits per heavy atom. The Hall–Kier alpha value is -0.263. The molecule has 0 saturated heterocycles. The summed E-state index contributed by atoms with van der Waals surface area (Å²) in [6, 6.07) is 0. The van der Waals surface area contributed by atoms with Gasteiger partial charge in [0.25, 0.3) is 0 Å². The summed E-state index contributed by atoms with van der Waals surface area (Å²) in [5, 5.41) is 0.243. The highest BCUT2D eigenvalue weighted by atomic mass is 28.4. The normalized spacial score (nSPS) is 14.6. The maximum atomic E-state index is 6.20. The SMILES string of the molecule is C#CC(CCCCC)O[Si](C)(C)C(C)(C)C. The van der Waals surface area contributed by atoms with Crippen LogP contribution in [0.3, 0.4) is 0 Å². The second-order valence-corrected chi connectivity index (χ2v) is 10.8. The molecule has 0 aromatic carbocycles. The molecule has 1 nitrogen and oxygen atoms in total. The minimum Gasteiger partial charge on any atom is -0.403 e. The van der Waals surface area contributed by atoms with Gasteiger partial charge in [-0.3, -0.25) is 0 Å². The maximum absolute atomic E-state index is 6.20. The summed E-state index contributed by atoms with van der Waals surface area (Å²) in [5.74, 6) is 2.80. The van der Waals surface area contributed by atoms with E-state index in [4.69, 9.17) is 10.8 Å². The Bertz CT molecular complexity index is 232. The molecule has 0 aromatic rings. The fourth-order valence-electron chi connectivity index (χ4n) is 1.29. The summed E-state index contributed by atoms with van der Waals surface area (Å²) >= 11 is 0. The number of hydrogen-bond donors (Lipinski definition) is 0. The molecule has 0 N–H and O–H groups in total. The van der Waals surface area contributed by atoms with E-state index in [0.29, 0.717) is 0 Å². The zero-order valence-corrected chi connectivity index (χ0v) is 12.9. The summed E-state index contributed by atoms with van der Waals surface area (Å²) < 4.78 is 6.20. The third-order valence-electron chi connectivity index (χ3n) is 3.50. The fourth-order valence-corrected chi connectivity index (χ4v) is 2.54. The van der Waals surface area contributed by atoms with Gasteiger partial charge in [-0.2, -0.15) is 0 Å². The average molecular weight is 240 g/mol. The van der Waals surface area contributed by atoms with Gasteiger partial charge in [-0.25, -0.2) is 0 Å². The molecule has 0 heterocycles. The Kier molecular flexibility index (Phi) is 6.36. The molecule has 0 aromatic heterocycles. The van der Waals surface area contributed by atoms with Crippen molar-refractivity contribution in [1.29, 1.82) is 0 Å². The second-order valence-electron chi connectivity index (χ2n) is 6.03. The van der Waals surface area contributed by atoms with E-state index < -0.39 is 8.32 Å². The van der Waals surface area contributed by atoms with Gasteiger partial charge in [0, 0.05) is 0 Å². The molecule has 0 saturated carbocycles. The highest BCUT2D eigenvalue weighted by Crippen LogP contribution is 2.37. The molecule has 0 aliphatic rings. The van der Waals surface area contributed by atoms with E-state index in [-0.39, 0.29) is 11.1 Å². The third kappa shape index (κ3) is 5.18. The summed E-state index contributed by atoms with van der Waals surface area (Å²) in [7, 11) is -1.69. The molecule has 0 aliphatic heterocycles. The van der Waals surface area contributed by atoms with E-state index in [0.717, 1.165) is 6.42 Å². The summed E-state index contributed by atoms with van der Waals surface area (Å²) in [4.78, 5) is 0. The lowest BCUT2D eigenvalue weighted by atomic mass is 10.1. The van der Waals surface area contributed by atoms with Crippen molar-refractivity contribution in [3.63, 3.8) is 0 Å². The smallest absolute Gasteiger partial charge is 0.193 e. The van der Waals surface area contributed by atoms with Gasteiger partial charge in [-0.15, -0.1) is 6.42 Å². The first-order chi connectivity index (χ1) is 7.24. The minimum absolute atomic E-state index is 0.0208. The van der Waals surface area contributed by atoms with E-state index in [2.05, 4.69) is 46.7 Å². The predicted octanol–water partition coefficient (Wildman–Crippen LogP) is 4.59. The van der Waals surface area contributed by atoms with Crippen molar-refractivity contribution in [2.24, 2.45) is 0 Å². The number of terminal acetylenes is 1. The first-order valence-corrected chi connectivity index (χ1v) is 9.29. The first-order valence-electron chi connectivity index (χ1n) is 6.38. The van der Waals surface area contributed by atoms with Crippen LogP contribution in [0.5, 0.6) is 0 Å². The predicted molar refractivity (Wildman–Crippen MR) is 75.0 cm³/mol. The summed E-state index contributed by atoms with van der Waals surface area (Å²) in [6.07, 6.45) is 10.2. The summed E-state index contributed by atoms with van der Waals surface area (Å²) in [6.45, 7) is 13.5. The third-order valence-corrected chi connectivity index (χ3v) is 7.98. The van der Waals surface area contributed by atoms with Crippen molar-refractivity contribution < 1.29 is 4.43 Å². The van der Waals surface area contributed by atoms with Crippen LogP contribution in [0.15, 0.2) is 0 Å². The van der Waals surface area contributed by atoms with Crippen LogP contribution in [-0.2, 0) is 4.43 Å². The zero-order valence-electron chi connectivity index (χ0n) is 11.9. The van der Waals surface area contributed by atoms with Crippen LogP contribution in [-0.4, -0.2) is 14.4 Å². The van der Waals surface area contributed by atoms with Crippen molar-refractivity contribution >= 4 is 8.32 Å². The molecule has 0 rings (SSSR count). The maximum Gasteiger partial charge on any atom is 0.193 e. The van der Waals surface area contributed by atoms with Crippen LogP contribution in [0.2, 0.25) is 18.1 Å². The molecule has 0 fully saturated rings. The van der Waals surface area contributed by atoms with E-state index in [9.17, 15) is 0 Å². The standard InChI is InChI=1S/C14H28OSi/c1-8-10-11-12-13(9-2)15-16(6,7)14(3,4)5/h2,13H,8,10-12H2,1,3-7H3. The monoisotopic (exact) mass is 240 g/mol. The van der Waals surface area contributed by atoms with Gasteiger partial charge in [0.05, 0.1) is 0 Å². The number of rotatable bonds is 6. The van der Waals surface area contributed by atoms with Crippen LogP contribution in [0, 0.1) is 12.3 Å². The van der Waals surface area contributed by atoms with Crippen molar-refractivity contribution in [3.05, 3.63) is 0 Å². The Morgan fingerprint density at radius 1 is 1.25 bits per heavy atom. The fraction of sp³-hybridized carbons (Fsp3) is 0.857. The van der Waals surface area contributed by atoms with Crippen molar-refractivity contribution in [1.82, 2.24) is 0 Å². The molecule has 94 valence electrons. The van der Waals surface area contributed by atoms with Gasteiger partial charge < -0.3 is 4.43 Å². The van der Waals surface area contributed by atoms with Crippen molar-refractivity contribution in [3.8, 4) is 12.3 Å². The molecule has 0 radical (unpaired) electrons. The molecule has 0 amide bonds. The highest BCUT2D eigenvalue weighted by molar-refractivity contribution is 6.74. The molecule has 16 heavy (non-hydrogen) atoms. The van der Waals surface area contributed by atoms with Crippen LogP contribution in [0.1, 0.15) is 53.4 Å². The largest absolute Gasteiger partial charge is 0.403 e. The molecule has 0 spiro atoms. The summed E-state index contributed by atoms with van der Waals surface area (Å²) in [5.41, 5.74) is 0. The van der Waals surface area contributed by atoms with E-state index in [1.165, 1.54) is 19.3 Å². The highest BCUT2D eigenvalue weighted by Gasteiger charge is 2.38. The molecule has 0 aliphatic carbocycles. The lowest BCUT2D eigenvalue weighted by Crippen LogP contribution is -2.43. The zero-order chi connectivity index (χ0) is 12.8. The number of unbranched alkanes of at least 4 members (excludes halogenated alkanes) is 2. The van der Waals surface area contributed by atoms with Gasteiger partial charge >= 0.3 is 0 Å². The van der Waals surface area contributed by atoms with E-state index in [1.54, 1.807) is 0 Å². The van der Waals surface area contributed by atoms with Crippen LogP contribution >= 0.6 is 0 Å². The topological polar surface area (TPSA) is 9.23 Å². The van der Waals surface area contributed by atoms with E-state index >= 15 is 0 Å². The van der Waals surface area contributed by atoms with Gasteiger partial charge in [0.2, 0.25) is 0 Å². The van der Waals surface area contributed by atoms with Crippen LogP contribution < -0.4 is 0 Å². The van der Waals surface area contributed by atoms with Gasteiger partial charge in [-0.1, -0.05) is 46.5 Å². The van der Waals surface area contributed by atoms with Gasteiger partial charge in [-0.05, 0) is 31.0 Å².